The van der Waals surface area contributed by atoms with Crippen molar-refractivity contribution in [3.63, 3.8) is 0 Å². The zero-order valence-electron chi connectivity index (χ0n) is 26.4. The van der Waals surface area contributed by atoms with Gasteiger partial charge in [-0.2, -0.15) is 0 Å². The summed E-state index contributed by atoms with van der Waals surface area (Å²) in [6, 6.07) is 45.0. The molecule has 0 amide bonds. The molecule has 0 aliphatic rings. The van der Waals surface area contributed by atoms with Gasteiger partial charge in [0.15, 0.2) is 0 Å². The Kier molecular flexibility index (Phi) is 12.7. The normalized spacial score (nSPS) is 11.1. The Morgan fingerprint density at radius 1 is 0.295 bits per heavy atom. The molecular formula is C42H46S2. The lowest BCUT2D eigenvalue weighted by atomic mass is 9.97. The summed E-state index contributed by atoms with van der Waals surface area (Å²) < 4.78 is 0. The molecule has 2 heteroatoms. The van der Waals surface area contributed by atoms with E-state index in [0.29, 0.717) is 0 Å². The van der Waals surface area contributed by atoms with E-state index < -0.39 is 0 Å². The molecule has 44 heavy (non-hydrogen) atoms. The first-order valence-corrected chi connectivity index (χ1v) is 18.5. The van der Waals surface area contributed by atoms with Gasteiger partial charge >= 0.3 is 0 Å². The Hall–Kier alpha value is -3.20. The lowest BCUT2D eigenvalue weighted by Crippen LogP contribution is -1.84. The molecule has 5 aromatic carbocycles. The minimum absolute atomic E-state index is 1.21. The fourth-order valence-electron chi connectivity index (χ4n) is 5.49. The molecule has 0 unspecified atom stereocenters. The van der Waals surface area contributed by atoms with Crippen molar-refractivity contribution in [1.29, 1.82) is 0 Å². The van der Waals surface area contributed by atoms with Gasteiger partial charge in [-0.1, -0.05) is 149 Å². The molecule has 0 spiro atoms. The number of thioether (sulfide) groups is 2. The van der Waals surface area contributed by atoms with Crippen LogP contribution in [0.3, 0.4) is 0 Å². The first-order valence-electron chi connectivity index (χ1n) is 16.5. The van der Waals surface area contributed by atoms with Gasteiger partial charge in [0, 0.05) is 9.79 Å². The van der Waals surface area contributed by atoms with Gasteiger partial charge in [-0.15, -0.1) is 23.5 Å². The van der Waals surface area contributed by atoms with Gasteiger partial charge < -0.3 is 0 Å². The van der Waals surface area contributed by atoms with Crippen LogP contribution in [0.2, 0.25) is 0 Å². The molecule has 0 aromatic heterocycles. The monoisotopic (exact) mass is 614 g/mol. The van der Waals surface area contributed by atoms with E-state index in [0.717, 1.165) is 0 Å². The highest BCUT2D eigenvalue weighted by molar-refractivity contribution is 7.99. The van der Waals surface area contributed by atoms with Crippen molar-refractivity contribution < 1.29 is 0 Å². The lowest BCUT2D eigenvalue weighted by molar-refractivity contribution is 0.706. The van der Waals surface area contributed by atoms with Gasteiger partial charge in [0.1, 0.15) is 0 Å². The Labute approximate surface area is 274 Å². The summed E-state index contributed by atoms with van der Waals surface area (Å²) in [6.07, 6.45) is 10.6. The number of rotatable bonds is 16. The van der Waals surface area contributed by atoms with Crippen LogP contribution in [0, 0.1) is 0 Å². The Morgan fingerprint density at radius 3 is 0.750 bits per heavy atom. The molecule has 0 bridgehead atoms. The van der Waals surface area contributed by atoms with Crippen LogP contribution in [0.25, 0.3) is 44.5 Å². The fraction of sp³-hybridized carbons (Fsp3) is 0.286. The molecule has 0 saturated carbocycles. The summed E-state index contributed by atoms with van der Waals surface area (Å²) in [7, 11) is 0. The van der Waals surface area contributed by atoms with Gasteiger partial charge in [-0.05, 0) is 93.1 Å². The van der Waals surface area contributed by atoms with Crippen LogP contribution in [-0.2, 0) is 0 Å². The first kappa shape index (κ1) is 32.2. The quantitative estimate of drug-likeness (QED) is 0.0801. The minimum Gasteiger partial charge on any atom is -0.126 e. The maximum Gasteiger partial charge on any atom is 0.00723 e. The standard InChI is InChI=1S/C42H46S2/c1-3-5-7-9-31-43-41-27-23-39(24-28-41)37-19-15-35(16-20-37)33-11-13-34(14-12-33)36-17-21-38(22-18-36)40-25-29-42(30-26-40)44-32-10-8-6-4-2/h11-30H,3-10,31-32H2,1-2H3. The van der Waals surface area contributed by atoms with Crippen molar-refractivity contribution >= 4 is 23.5 Å². The highest BCUT2D eigenvalue weighted by atomic mass is 32.2. The van der Waals surface area contributed by atoms with E-state index in [9.17, 15) is 0 Å². The molecule has 0 nitrogen and oxygen atoms in total. The second-order valence-electron chi connectivity index (χ2n) is 11.6. The smallest absolute Gasteiger partial charge is 0.00723 e. The zero-order chi connectivity index (χ0) is 30.4. The molecule has 0 atom stereocenters. The summed E-state index contributed by atoms with van der Waals surface area (Å²) >= 11 is 3.95. The lowest BCUT2D eigenvalue weighted by Gasteiger charge is -2.09. The van der Waals surface area contributed by atoms with E-state index in [4.69, 9.17) is 0 Å². The van der Waals surface area contributed by atoms with Crippen LogP contribution in [-0.4, -0.2) is 11.5 Å². The minimum atomic E-state index is 1.21. The van der Waals surface area contributed by atoms with Crippen LogP contribution in [0.4, 0.5) is 0 Å². The van der Waals surface area contributed by atoms with Gasteiger partial charge in [0.05, 0.1) is 0 Å². The molecule has 0 saturated heterocycles. The topological polar surface area (TPSA) is 0 Å². The van der Waals surface area contributed by atoms with E-state index in [2.05, 4.69) is 135 Å². The van der Waals surface area contributed by atoms with E-state index in [1.165, 1.54) is 117 Å². The second kappa shape index (κ2) is 17.3. The summed E-state index contributed by atoms with van der Waals surface area (Å²) in [6.45, 7) is 4.54. The summed E-state index contributed by atoms with van der Waals surface area (Å²) in [5, 5.41) is 0. The molecular weight excluding hydrogens is 569 g/mol. The molecule has 226 valence electrons. The fourth-order valence-corrected chi connectivity index (χ4v) is 7.32. The van der Waals surface area contributed by atoms with Crippen molar-refractivity contribution in [3.8, 4) is 44.5 Å². The maximum absolute atomic E-state index is 2.27. The summed E-state index contributed by atoms with van der Waals surface area (Å²) in [5.74, 6) is 2.43. The summed E-state index contributed by atoms with van der Waals surface area (Å²) in [4.78, 5) is 2.74. The van der Waals surface area contributed by atoms with Crippen molar-refractivity contribution in [2.75, 3.05) is 11.5 Å². The van der Waals surface area contributed by atoms with Crippen molar-refractivity contribution in [3.05, 3.63) is 121 Å². The predicted octanol–water partition coefficient (Wildman–Crippen LogP) is 13.7. The summed E-state index contributed by atoms with van der Waals surface area (Å²) in [5.41, 5.74) is 10.1. The number of benzene rings is 5. The SMILES string of the molecule is CCCCCCSc1ccc(-c2ccc(-c3ccc(-c4ccc(-c5ccc(SCCCCCC)cc5)cc4)cc3)cc2)cc1. The molecule has 5 aromatic rings. The van der Waals surface area contributed by atoms with E-state index in [-0.39, 0.29) is 0 Å². The Morgan fingerprint density at radius 2 is 0.523 bits per heavy atom. The molecule has 0 radical (unpaired) electrons. The first-order chi connectivity index (χ1) is 21.7. The number of unbranched alkanes of at least 4 members (excludes halogenated alkanes) is 6. The van der Waals surface area contributed by atoms with Crippen LogP contribution in [0.5, 0.6) is 0 Å². The van der Waals surface area contributed by atoms with E-state index >= 15 is 0 Å². The van der Waals surface area contributed by atoms with Crippen LogP contribution >= 0.6 is 23.5 Å². The van der Waals surface area contributed by atoms with E-state index in [1.54, 1.807) is 0 Å². The second-order valence-corrected chi connectivity index (χ2v) is 13.9. The van der Waals surface area contributed by atoms with Crippen molar-refractivity contribution in [2.24, 2.45) is 0 Å². The largest absolute Gasteiger partial charge is 0.126 e. The van der Waals surface area contributed by atoms with E-state index in [1.807, 2.05) is 23.5 Å². The molecule has 0 aliphatic carbocycles. The van der Waals surface area contributed by atoms with Gasteiger partial charge in [-0.3, -0.25) is 0 Å². The average Bonchev–Trinajstić information content (AvgIpc) is 3.09. The molecule has 0 aliphatic heterocycles. The zero-order valence-corrected chi connectivity index (χ0v) is 28.1. The molecule has 0 heterocycles. The maximum atomic E-state index is 2.27. The van der Waals surface area contributed by atoms with Gasteiger partial charge in [-0.25, -0.2) is 0 Å². The van der Waals surface area contributed by atoms with Crippen molar-refractivity contribution in [2.45, 2.75) is 75.0 Å². The van der Waals surface area contributed by atoms with Gasteiger partial charge in [0.2, 0.25) is 0 Å². The predicted molar refractivity (Wildman–Crippen MR) is 198 cm³/mol. The molecule has 0 N–H and O–H groups in total. The highest BCUT2D eigenvalue weighted by Crippen LogP contribution is 2.31. The van der Waals surface area contributed by atoms with Crippen molar-refractivity contribution in [1.82, 2.24) is 0 Å². The number of hydrogen-bond donors (Lipinski definition) is 0. The third-order valence-electron chi connectivity index (χ3n) is 8.23. The average molecular weight is 615 g/mol. The Bertz CT molecular complexity index is 1400. The van der Waals surface area contributed by atoms with Gasteiger partial charge in [0.25, 0.3) is 0 Å². The third kappa shape index (κ3) is 9.40. The molecule has 5 rings (SSSR count). The van der Waals surface area contributed by atoms with Crippen LogP contribution in [0.1, 0.15) is 65.2 Å². The molecule has 0 fully saturated rings. The van der Waals surface area contributed by atoms with Crippen LogP contribution < -0.4 is 0 Å². The highest BCUT2D eigenvalue weighted by Gasteiger charge is 2.05. The Balaban J connectivity index is 1.15. The number of hydrogen-bond acceptors (Lipinski definition) is 2. The third-order valence-corrected chi connectivity index (χ3v) is 10.4. The van der Waals surface area contributed by atoms with Crippen LogP contribution in [0.15, 0.2) is 131 Å².